The Labute approximate surface area is 147 Å². The van der Waals surface area contributed by atoms with E-state index in [1.807, 2.05) is 24.1 Å². The first kappa shape index (κ1) is 17.5. The van der Waals surface area contributed by atoms with Crippen LogP contribution < -0.4 is 9.64 Å². The van der Waals surface area contributed by atoms with E-state index >= 15 is 0 Å². The summed E-state index contributed by atoms with van der Waals surface area (Å²) < 4.78 is 34.9. The highest BCUT2D eigenvalue weighted by Gasteiger charge is 2.17. The van der Waals surface area contributed by atoms with Gasteiger partial charge in [-0.25, -0.2) is 0 Å². The van der Waals surface area contributed by atoms with E-state index in [2.05, 4.69) is 15.2 Å². The molecule has 0 saturated heterocycles. The predicted molar refractivity (Wildman–Crippen MR) is 87.7 cm³/mol. The van der Waals surface area contributed by atoms with Gasteiger partial charge in [-0.3, -0.25) is 9.78 Å². The van der Waals surface area contributed by atoms with Crippen LogP contribution in [0.1, 0.15) is 18.0 Å². The highest BCUT2D eigenvalue weighted by molar-refractivity contribution is 5.62. The second-order valence-corrected chi connectivity index (χ2v) is 5.32. The number of aromatic nitrogens is 3. The van der Waals surface area contributed by atoms with Gasteiger partial charge in [0.25, 0.3) is 12.4 Å². The van der Waals surface area contributed by atoms with Crippen LogP contribution in [0.5, 0.6) is 5.75 Å². The van der Waals surface area contributed by atoms with E-state index in [4.69, 9.17) is 9.15 Å². The van der Waals surface area contributed by atoms with E-state index in [0.717, 1.165) is 5.69 Å². The molecule has 2 heterocycles. The molecule has 26 heavy (non-hydrogen) atoms. The van der Waals surface area contributed by atoms with Crippen molar-refractivity contribution in [1.82, 2.24) is 15.2 Å². The molecule has 0 N–H and O–H groups in total. The van der Waals surface area contributed by atoms with Crippen molar-refractivity contribution < 1.29 is 22.7 Å². The lowest BCUT2D eigenvalue weighted by molar-refractivity contribution is -0.120. The maximum absolute atomic E-state index is 12.5. The summed E-state index contributed by atoms with van der Waals surface area (Å²) in [4.78, 5) is 16.8. The first-order valence-electron chi connectivity index (χ1n) is 7.56. The number of rotatable bonds is 7. The molecule has 3 rings (SSSR count). The summed E-state index contributed by atoms with van der Waals surface area (Å²) in [6, 6.07) is 10.5. The minimum Gasteiger partial charge on any atom is -0.427 e. The van der Waals surface area contributed by atoms with Crippen molar-refractivity contribution in [2.75, 3.05) is 11.9 Å². The van der Waals surface area contributed by atoms with Crippen molar-refractivity contribution in [3.8, 4) is 17.2 Å². The summed E-state index contributed by atoms with van der Waals surface area (Å²) in [7, 11) is 1.83. The standard InChI is InChI=1S/C17H14F2N4O3/c1-23(13-4-2-3-5-14(13)25-10-24)9-12-7-6-11(8-20-12)16-21-22-17(26-16)15(18)19/h2-8,10,15H,9H2,1H3. The van der Waals surface area contributed by atoms with Gasteiger partial charge in [0.15, 0.2) is 5.75 Å². The van der Waals surface area contributed by atoms with Crippen LogP contribution in [0, 0.1) is 0 Å². The molecule has 0 aliphatic heterocycles. The number of halogens is 2. The van der Waals surface area contributed by atoms with Crippen LogP contribution >= 0.6 is 0 Å². The Bertz CT molecular complexity index is 884. The quantitative estimate of drug-likeness (QED) is 0.598. The summed E-state index contributed by atoms with van der Waals surface area (Å²) in [5.74, 6) is -0.306. The van der Waals surface area contributed by atoms with Crippen LogP contribution in [0.15, 0.2) is 47.0 Å². The molecule has 1 aromatic carbocycles. The third-order valence-corrected chi connectivity index (χ3v) is 3.55. The van der Waals surface area contributed by atoms with Crippen LogP contribution in [0.25, 0.3) is 11.5 Å². The van der Waals surface area contributed by atoms with Crippen LogP contribution in [-0.4, -0.2) is 28.7 Å². The molecule has 3 aromatic rings. The molecular weight excluding hydrogens is 346 g/mol. The van der Waals surface area contributed by atoms with Gasteiger partial charge in [-0.05, 0) is 24.3 Å². The fraction of sp³-hybridized carbons (Fsp3) is 0.176. The lowest BCUT2D eigenvalue weighted by Crippen LogP contribution is -2.18. The zero-order valence-electron chi connectivity index (χ0n) is 13.7. The zero-order chi connectivity index (χ0) is 18.5. The number of ether oxygens (including phenoxy) is 1. The van der Waals surface area contributed by atoms with Gasteiger partial charge < -0.3 is 14.1 Å². The van der Waals surface area contributed by atoms with Crippen LogP contribution in [0.4, 0.5) is 14.5 Å². The van der Waals surface area contributed by atoms with Gasteiger partial charge >= 0.3 is 6.43 Å². The third kappa shape index (κ3) is 3.82. The van der Waals surface area contributed by atoms with E-state index in [1.54, 1.807) is 24.3 Å². The van der Waals surface area contributed by atoms with E-state index < -0.39 is 12.3 Å². The third-order valence-electron chi connectivity index (χ3n) is 3.55. The zero-order valence-corrected chi connectivity index (χ0v) is 13.7. The van der Waals surface area contributed by atoms with Crippen molar-refractivity contribution in [3.63, 3.8) is 0 Å². The summed E-state index contributed by atoms with van der Waals surface area (Å²) >= 11 is 0. The fourth-order valence-corrected chi connectivity index (χ4v) is 2.34. The summed E-state index contributed by atoms with van der Waals surface area (Å²) in [5, 5.41) is 6.87. The largest absolute Gasteiger partial charge is 0.427 e. The molecule has 0 bridgehead atoms. The molecule has 7 nitrogen and oxygen atoms in total. The average Bonchev–Trinajstić information content (AvgIpc) is 3.13. The summed E-state index contributed by atoms with van der Waals surface area (Å²) in [6.45, 7) is 0.809. The van der Waals surface area contributed by atoms with Crippen molar-refractivity contribution in [1.29, 1.82) is 0 Å². The van der Waals surface area contributed by atoms with Crippen LogP contribution in [-0.2, 0) is 11.3 Å². The number of pyridine rings is 1. The molecule has 9 heteroatoms. The minimum atomic E-state index is -2.81. The molecule has 0 saturated carbocycles. The van der Waals surface area contributed by atoms with Gasteiger partial charge in [-0.2, -0.15) is 8.78 Å². The number of hydrogen-bond acceptors (Lipinski definition) is 7. The smallest absolute Gasteiger partial charge is 0.314 e. The Morgan fingerprint density at radius 3 is 2.69 bits per heavy atom. The number of alkyl halides is 2. The van der Waals surface area contributed by atoms with Crippen molar-refractivity contribution in [2.45, 2.75) is 13.0 Å². The monoisotopic (exact) mass is 360 g/mol. The van der Waals surface area contributed by atoms with Crippen molar-refractivity contribution in [3.05, 3.63) is 54.2 Å². The van der Waals surface area contributed by atoms with Crippen molar-refractivity contribution >= 4 is 12.2 Å². The Morgan fingerprint density at radius 2 is 2.04 bits per heavy atom. The first-order valence-corrected chi connectivity index (χ1v) is 7.56. The second kappa shape index (κ2) is 7.68. The van der Waals surface area contributed by atoms with Gasteiger partial charge in [0.2, 0.25) is 5.89 Å². The van der Waals surface area contributed by atoms with Gasteiger partial charge in [0, 0.05) is 13.2 Å². The fourth-order valence-electron chi connectivity index (χ4n) is 2.34. The Morgan fingerprint density at radius 1 is 1.23 bits per heavy atom. The number of benzene rings is 1. The Hall–Kier alpha value is -3.36. The topological polar surface area (TPSA) is 81.3 Å². The molecule has 134 valence electrons. The van der Waals surface area contributed by atoms with E-state index in [0.29, 0.717) is 30.0 Å². The second-order valence-electron chi connectivity index (χ2n) is 5.32. The lowest BCUT2D eigenvalue weighted by Gasteiger charge is -2.20. The molecule has 0 unspecified atom stereocenters. The van der Waals surface area contributed by atoms with Gasteiger partial charge in [0.05, 0.1) is 23.5 Å². The number of hydrogen-bond donors (Lipinski definition) is 0. The maximum atomic E-state index is 12.5. The molecule has 0 atom stereocenters. The average molecular weight is 360 g/mol. The normalized spacial score (nSPS) is 10.8. The number of carbonyl (C=O) groups is 1. The highest BCUT2D eigenvalue weighted by atomic mass is 19.3. The summed E-state index contributed by atoms with van der Waals surface area (Å²) in [5.41, 5.74) is 1.88. The molecular formula is C17H14F2N4O3. The van der Waals surface area contributed by atoms with Crippen molar-refractivity contribution in [2.24, 2.45) is 0 Å². The maximum Gasteiger partial charge on any atom is 0.314 e. The number of para-hydroxylation sites is 2. The number of anilines is 1. The first-order chi connectivity index (χ1) is 12.6. The highest BCUT2D eigenvalue weighted by Crippen LogP contribution is 2.28. The molecule has 0 spiro atoms. The van der Waals surface area contributed by atoms with E-state index in [-0.39, 0.29) is 5.89 Å². The van der Waals surface area contributed by atoms with Gasteiger partial charge in [-0.1, -0.05) is 12.1 Å². The molecule has 0 aliphatic carbocycles. The Balaban J connectivity index is 1.74. The molecule has 2 aromatic heterocycles. The molecule has 0 aliphatic rings. The Kier molecular flexibility index (Phi) is 5.16. The van der Waals surface area contributed by atoms with Crippen LogP contribution in [0.2, 0.25) is 0 Å². The minimum absolute atomic E-state index is 0.0163. The SMILES string of the molecule is CN(Cc1ccc(-c2nnc(C(F)F)o2)cn1)c1ccccc1OC=O. The molecule has 0 radical (unpaired) electrons. The number of carbonyl (C=O) groups excluding carboxylic acids is 1. The van der Waals surface area contributed by atoms with E-state index in [1.165, 1.54) is 6.20 Å². The predicted octanol–water partition coefficient (Wildman–Crippen LogP) is 3.24. The lowest BCUT2D eigenvalue weighted by atomic mass is 10.2. The number of nitrogens with zero attached hydrogens (tertiary/aromatic N) is 4. The molecule has 0 fully saturated rings. The summed E-state index contributed by atoms with van der Waals surface area (Å²) in [6.07, 6.45) is -1.34. The van der Waals surface area contributed by atoms with Gasteiger partial charge in [-0.15, -0.1) is 10.2 Å². The molecule has 0 amide bonds. The van der Waals surface area contributed by atoms with Crippen LogP contribution in [0.3, 0.4) is 0 Å². The van der Waals surface area contributed by atoms with Gasteiger partial charge in [0.1, 0.15) is 0 Å². The van der Waals surface area contributed by atoms with E-state index in [9.17, 15) is 13.6 Å².